The second kappa shape index (κ2) is 16.4. The summed E-state index contributed by atoms with van der Waals surface area (Å²) < 4.78 is 32.1. The van der Waals surface area contributed by atoms with Crippen LogP contribution in [0.5, 0.6) is 0 Å². The van der Waals surface area contributed by atoms with E-state index in [0.717, 1.165) is 6.26 Å². The first-order valence-corrected chi connectivity index (χ1v) is 16.8. The van der Waals surface area contributed by atoms with Crippen molar-refractivity contribution in [2.75, 3.05) is 50.0 Å². The molecule has 1 aliphatic heterocycles. The van der Waals surface area contributed by atoms with E-state index >= 15 is 0 Å². The van der Waals surface area contributed by atoms with E-state index < -0.39 is 46.6 Å². The van der Waals surface area contributed by atoms with E-state index in [1.54, 1.807) is 0 Å². The Labute approximate surface area is 262 Å². The van der Waals surface area contributed by atoms with Crippen molar-refractivity contribution >= 4 is 44.8 Å². The lowest BCUT2D eigenvalue weighted by molar-refractivity contribution is -0.138. The Bertz CT molecular complexity index is 1390. The molecule has 2 aromatic heterocycles. The lowest BCUT2D eigenvalue weighted by Crippen LogP contribution is -2.45. The van der Waals surface area contributed by atoms with Crippen LogP contribution in [-0.2, 0) is 24.3 Å². The van der Waals surface area contributed by atoms with Crippen LogP contribution in [0, 0.1) is 0 Å². The number of imidazole rings is 1. The van der Waals surface area contributed by atoms with Crippen molar-refractivity contribution in [3.8, 4) is 0 Å². The molecule has 3 heterocycles. The summed E-state index contributed by atoms with van der Waals surface area (Å²) in [6.07, 6.45) is 0.607. The van der Waals surface area contributed by atoms with Crippen molar-refractivity contribution in [2.24, 2.45) is 5.73 Å². The molecule has 2 aromatic rings. The van der Waals surface area contributed by atoms with Crippen molar-refractivity contribution < 1.29 is 38.1 Å². The Kier molecular flexibility index (Phi) is 13.2. The fourth-order valence-corrected chi connectivity index (χ4v) is 5.36. The first-order valence-electron chi connectivity index (χ1n) is 14.9. The summed E-state index contributed by atoms with van der Waals surface area (Å²) in [6.45, 7) is 5.36. The quantitative estimate of drug-likeness (QED) is 0.0772. The predicted molar refractivity (Wildman–Crippen MR) is 165 cm³/mol. The second-order valence-electron chi connectivity index (χ2n) is 11.4. The van der Waals surface area contributed by atoms with Gasteiger partial charge in [0.25, 0.3) is 0 Å². The number of amides is 1. The Balaban J connectivity index is 1.55. The number of aliphatic carboxylic acids is 1. The number of nitrogens with two attached hydrogens (primary N) is 2. The summed E-state index contributed by atoms with van der Waals surface area (Å²) in [5.74, 6) is -0.979. The number of carboxylic acid groups (broad SMARTS) is 1. The molecule has 0 spiro atoms. The Morgan fingerprint density at radius 3 is 2.53 bits per heavy atom. The molecule has 45 heavy (non-hydrogen) atoms. The Hall–Kier alpha value is -3.20. The molecular formula is C26H46N10O8S. The summed E-state index contributed by atoms with van der Waals surface area (Å²) in [6, 6.07) is -1.02. The molecule has 3 rings (SSSR count). The molecule has 19 heteroatoms. The number of rotatable bonds is 19. The van der Waals surface area contributed by atoms with Gasteiger partial charge in [-0.15, -0.1) is 0 Å². The summed E-state index contributed by atoms with van der Waals surface area (Å²) >= 11 is 0. The zero-order chi connectivity index (χ0) is 33.3. The van der Waals surface area contributed by atoms with Crippen LogP contribution in [0.2, 0.25) is 0 Å². The Morgan fingerprint density at radius 1 is 1.13 bits per heavy atom. The normalized spacial score (nSPS) is 21.1. The number of anilines is 2. The largest absolute Gasteiger partial charge is 0.480 e. The average molecular weight is 659 g/mol. The van der Waals surface area contributed by atoms with Crippen molar-refractivity contribution in [3.05, 3.63) is 6.33 Å². The maximum absolute atomic E-state index is 12.1. The first kappa shape index (κ1) is 36.3. The highest BCUT2D eigenvalue weighted by molar-refractivity contribution is 7.88. The second-order valence-corrected chi connectivity index (χ2v) is 13.2. The van der Waals surface area contributed by atoms with Gasteiger partial charge >= 0.3 is 5.97 Å². The van der Waals surface area contributed by atoms with Crippen LogP contribution < -0.4 is 26.8 Å². The number of aromatic nitrogens is 4. The van der Waals surface area contributed by atoms with Gasteiger partial charge in [-0.05, 0) is 33.1 Å². The van der Waals surface area contributed by atoms with Gasteiger partial charge in [-0.1, -0.05) is 6.42 Å². The van der Waals surface area contributed by atoms with E-state index in [1.807, 2.05) is 18.7 Å². The number of nitrogen functional groups attached to an aromatic ring is 1. The number of aliphatic hydroxyl groups excluding tert-OH is 2. The van der Waals surface area contributed by atoms with E-state index in [2.05, 4.69) is 30.3 Å². The van der Waals surface area contributed by atoms with Gasteiger partial charge in [0.05, 0.1) is 12.6 Å². The number of carbonyl (C=O) groups is 2. The molecule has 0 aromatic carbocycles. The zero-order valence-electron chi connectivity index (χ0n) is 25.8. The summed E-state index contributed by atoms with van der Waals surface area (Å²) in [5.41, 5.74) is 12.3. The molecule has 18 nitrogen and oxygen atoms in total. The number of nitrogens with zero attached hydrogens (tertiary/aromatic N) is 5. The number of hydrogen-bond acceptors (Lipinski definition) is 14. The molecule has 5 atom stereocenters. The summed E-state index contributed by atoms with van der Waals surface area (Å²) in [5, 5.41) is 36.6. The van der Waals surface area contributed by atoms with Crippen LogP contribution in [0.4, 0.5) is 11.8 Å². The van der Waals surface area contributed by atoms with E-state index in [9.17, 15) is 28.2 Å². The van der Waals surface area contributed by atoms with Crippen molar-refractivity contribution in [1.82, 2.24) is 34.5 Å². The lowest BCUT2D eigenvalue weighted by Gasteiger charge is -2.30. The number of ether oxygens (including phenoxy) is 1. The fourth-order valence-electron chi connectivity index (χ4n) is 4.84. The van der Waals surface area contributed by atoms with Crippen LogP contribution in [-0.4, -0.2) is 129 Å². The molecule has 254 valence electrons. The molecule has 0 unspecified atom stereocenters. The van der Waals surface area contributed by atoms with E-state index in [4.69, 9.17) is 21.3 Å². The highest BCUT2D eigenvalue weighted by Gasteiger charge is 2.45. The van der Waals surface area contributed by atoms with Gasteiger partial charge in [-0.2, -0.15) is 9.97 Å². The maximum Gasteiger partial charge on any atom is 0.320 e. The Morgan fingerprint density at radius 2 is 1.87 bits per heavy atom. The molecular weight excluding hydrogens is 612 g/mol. The molecule has 0 bridgehead atoms. The molecule has 1 amide bonds. The third kappa shape index (κ3) is 10.7. The summed E-state index contributed by atoms with van der Waals surface area (Å²) in [4.78, 5) is 38.1. The zero-order valence-corrected chi connectivity index (χ0v) is 26.6. The number of fused-ring (bicyclic) bond motifs is 1. The van der Waals surface area contributed by atoms with Gasteiger partial charge in [-0.3, -0.25) is 19.1 Å². The van der Waals surface area contributed by atoms with E-state index in [0.29, 0.717) is 45.3 Å². The minimum Gasteiger partial charge on any atom is -0.480 e. The number of carbonyl (C=O) groups excluding carboxylic acids is 1. The lowest BCUT2D eigenvalue weighted by atomic mass is 10.1. The van der Waals surface area contributed by atoms with Gasteiger partial charge in [0.1, 0.15) is 29.9 Å². The van der Waals surface area contributed by atoms with E-state index in [1.165, 1.54) is 10.9 Å². The van der Waals surface area contributed by atoms with Gasteiger partial charge < -0.3 is 42.2 Å². The van der Waals surface area contributed by atoms with E-state index in [-0.39, 0.29) is 54.4 Å². The number of carboxylic acids is 1. The summed E-state index contributed by atoms with van der Waals surface area (Å²) in [7, 11) is -3.21. The molecule has 1 fully saturated rings. The molecule has 0 radical (unpaired) electrons. The fraction of sp³-hybridized carbons (Fsp3) is 0.731. The number of aliphatic hydroxyl groups is 2. The number of hydrogen-bond donors (Lipinski definition) is 8. The molecule has 10 N–H and O–H groups in total. The minimum absolute atomic E-state index is 0.00529. The van der Waals surface area contributed by atoms with Crippen LogP contribution in [0.1, 0.15) is 52.2 Å². The molecule has 1 aliphatic rings. The van der Waals surface area contributed by atoms with Crippen LogP contribution >= 0.6 is 0 Å². The highest BCUT2D eigenvalue weighted by atomic mass is 32.2. The average Bonchev–Trinajstić information content (AvgIpc) is 3.50. The van der Waals surface area contributed by atoms with Crippen molar-refractivity contribution in [3.63, 3.8) is 0 Å². The van der Waals surface area contributed by atoms with Crippen molar-refractivity contribution in [2.45, 2.75) is 82.6 Å². The monoisotopic (exact) mass is 658 g/mol. The van der Waals surface area contributed by atoms with Gasteiger partial charge in [-0.25, -0.2) is 18.1 Å². The van der Waals surface area contributed by atoms with Crippen molar-refractivity contribution in [1.29, 1.82) is 0 Å². The van der Waals surface area contributed by atoms with Crippen LogP contribution in [0.3, 0.4) is 0 Å². The van der Waals surface area contributed by atoms with Crippen LogP contribution in [0.25, 0.3) is 11.2 Å². The van der Waals surface area contributed by atoms with Crippen LogP contribution in [0.15, 0.2) is 6.33 Å². The third-order valence-corrected chi connectivity index (χ3v) is 8.15. The van der Waals surface area contributed by atoms with Gasteiger partial charge in [0.2, 0.25) is 21.9 Å². The topological polar surface area (TPSA) is 273 Å². The molecule has 1 saturated heterocycles. The smallest absolute Gasteiger partial charge is 0.320 e. The SMILES string of the molecule is CC(C)N(CC[C@H](N)C(=O)O)C[C@H]1O[C@@H](n2cnc3c(N)nc(NCCNC(=O)CCCCCNS(C)(=O)=O)nc32)[C@H](O)[C@@H]1O. The highest BCUT2D eigenvalue weighted by Crippen LogP contribution is 2.33. The maximum atomic E-state index is 12.1. The first-order chi connectivity index (χ1) is 21.2. The number of nitrogens with one attached hydrogen (secondary N) is 3. The molecule has 0 aliphatic carbocycles. The van der Waals surface area contributed by atoms with Gasteiger partial charge in [0, 0.05) is 45.2 Å². The third-order valence-electron chi connectivity index (χ3n) is 7.42. The minimum atomic E-state index is -3.21. The van der Waals surface area contributed by atoms with Gasteiger partial charge in [0.15, 0.2) is 17.7 Å². The number of sulfonamides is 1. The predicted octanol–water partition coefficient (Wildman–Crippen LogP) is -1.82. The standard InChI is InChI=1S/C26H46N10O8S/c1-15(2)35(12-8-16(27)25(40)41)13-17-20(38)21(39)24(44-17)36-14-31-19-22(28)33-26(34-23(19)36)30-11-10-29-18(37)7-5-4-6-9-32-45(3,42)43/h14-17,20-21,24,32,38-39H,4-13,27H2,1-3H3,(H,29,37)(H,40,41)(H3,28,30,33,34)/t16-,17+,20+,21+,24+/m0/s1. The molecule has 0 saturated carbocycles. The number of unbranched alkanes of at least 4 members (excludes halogenated alkanes) is 2.